The predicted molar refractivity (Wildman–Crippen MR) is 179 cm³/mol. The SMILES string of the molecule is CCOC(=O)C1=C(C)N=c2s/c(=C/c3cc(Br)c(OCc4ccccc4Cl)c(OCC)c3)c(=O)n2[C@@H]1c1ccc(C)c([N+](=O)[O-])c1. The Bertz CT molecular complexity index is 2070. The van der Waals surface area contributed by atoms with Crippen LogP contribution in [0.25, 0.3) is 6.08 Å². The predicted octanol–water partition coefficient (Wildman–Crippen LogP) is 6.41. The van der Waals surface area contributed by atoms with Crippen LogP contribution in [0, 0.1) is 17.0 Å². The van der Waals surface area contributed by atoms with Crippen LogP contribution in [0.5, 0.6) is 11.5 Å². The van der Waals surface area contributed by atoms with Crippen molar-refractivity contribution in [3.8, 4) is 11.5 Å². The van der Waals surface area contributed by atoms with E-state index in [1.165, 1.54) is 10.6 Å². The maximum atomic E-state index is 14.1. The van der Waals surface area contributed by atoms with E-state index in [0.29, 0.717) is 59.3 Å². The van der Waals surface area contributed by atoms with Crippen LogP contribution in [-0.4, -0.2) is 28.7 Å². The normalized spacial score (nSPS) is 14.5. The summed E-state index contributed by atoms with van der Waals surface area (Å²) in [6, 6.07) is 14.6. The van der Waals surface area contributed by atoms with Crippen molar-refractivity contribution in [2.24, 2.45) is 4.99 Å². The first-order chi connectivity index (χ1) is 22.0. The second-order valence-electron chi connectivity index (χ2n) is 10.2. The van der Waals surface area contributed by atoms with Crippen molar-refractivity contribution in [1.82, 2.24) is 4.57 Å². The molecule has 46 heavy (non-hydrogen) atoms. The van der Waals surface area contributed by atoms with Crippen molar-refractivity contribution >= 4 is 56.6 Å². The van der Waals surface area contributed by atoms with Gasteiger partial charge in [-0.1, -0.05) is 53.3 Å². The molecule has 0 unspecified atom stereocenters. The molecule has 0 saturated heterocycles. The summed E-state index contributed by atoms with van der Waals surface area (Å²) in [6.45, 7) is 7.52. The molecule has 1 aromatic heterocycles. The number of esters is 1. The topological polar surface area (TPSA) is 122 Å². The number of fused-ring (bicyclic) bond motifs is 1. The van der Waals surface area contributed by atoms with Crippen molar-refractivity contribution in [2.45, 2.75) is 40.3 Å². The third-order valence-electron chi connectivity index (χ3n) is 7.22. The standard InChI is InChI=1S/C33H29BrClN3O7S/c1-5-43-26-14-20(13-23(34)30(26)45-17-22-9-7-8-10-24(22)35)15-27-31(39)37-29(21-12-11-18(3)25(16-21)38(41)42)28(32(40)44-6-2)19(4)36-33(37)46-27/h7-16,29H,5-6,17H2,1-4H3/b27-15+/t29-/m1/s1. The molecule has 13 heteroatoms. The third-order valence-corrected chi connectivity index (χ3v) is 9.16. The monoisotopic (exact) mass is 725 g/mol. The number of nitro groups is 1. The van der Waals surface area contributed by atoms with E-state index >= 15 is 0 Å². The summed E-state index contributed by atoms with van der Waals surface area (Å²) < 4.78 is 19.7. The highest BCUT2D eigenvalue weighted by atomic mass is 79.9. The van der Waals surface area contributed by atoms with Gasteiger partial charge in [-0.15, -0.1) is 0 Å². The molecule has 2 heterocycles. The van der Waals surface area contributed by atoms with Gasteiger partial charge in [0.2, 0.25) is 0 Å². The fourth-order valence-corrected chi connectivity index (χ4v) is 6.90. The lowest BCUT2D eigenvalue weighted by molar-refractivity contribution is -0.385. The lowest BCUT2D eigenvalue weighted by atomic mass is 9.94. The van der Waals surface area contributed by atoms with Gasteiger partial charge in [0.15, 0.2) is 16.3 Å². The van der Waals surface area contributed by atoms with Gasteiger partial charge in [-0.05, 0) is 79.0 Å². The number of carbonyl (C=O) groups excluding carboxylic acids is 1. The Hall–Kier alpha value is -4.26. The highest BCUT2D eigenvalue weighted by Gasteiger charge is 2.34. The third kappa shape index (κ3) is 6.64. The number of rotatable bonds is 10. The van der Waals surface area contributed by atoms with E-state index in [1.807, 2.05) is 25.1 Å². The van der Waals surface area contributed by atoms with Crippen LogP contribution in [0.2, 0.25) is 5.02 Å². The number of thiazole rings is 1. The fraction of sp³-hybridized carbons (Fsp3) is 0.242. The first-order valence-electron chi connectivity index (χ1n) is 14.3. The largest absolute Gasteiger partial charge is 0.490 e. The summed E-state index contributed by atoms with van der Waals surface area (Å²) >= 11 is 11.0. The number of hydrogen-bond acceptors (Lipinski definition) is 9. The fourth-order valence-electron chi connectivity index (χ4n) is 5.09. The molecule has 0 aliphatic carbocycles. The number of aryl methyl sites for hydroxylation is 1. The van der Waals surface area contributed by atoms with E-state index < -0.39 is 22.5 Å². The van der Waals surface area contributed by atoms with Gasteiger partial charge < -0.3 is 14.2 Å². The van der Waals surface area contributed by atoms with E-state index in [-0.39, 0.29) is 24.5 Å². The van der Waals surface area contributed by atoms with Gasteiger partial charge in [-0.3, -0.25) is 19.5 Å². The molecule has 3 aromatic carbocycles. The Morgan fingerprint density at radius 1 is 1.13 bits per heavy atom. The molecule has 10 nitrogen and oxygen atoms in total. The Morgan fingerprint density at radius 3 is 2.59 bits per heavy atom. The van der Waals surface area contributed by atoms with Gasteiger partial charge in [0.05, 0.1) is 44.5 Å². The van der Waals surface area contributed by atoms with Crippen molar-refractivity contribution in [2.75, 3.05) is 13.2 Å². The van der Waals surface area contributed by atoms with Crippen molar-refractivity contribution in [1.29, 1.82) is 0 Å². The molecule has 0 amide bonds. The highest BCUT2D eigenvalue weighted by molar-refractivity contribution is 9.10. The van der Waals surface area contributed by atoms with Crippen LogP contribution in [0.3, 0.4) is 0 Å². The zero-order chi connectivity index (χ0) is 33.1. The van der Waals surface area contributed by atoms with Gasteiger partial charge in [-0.2, -0.15) is 0 Å². The average molecular weight is 727 g/mol. The molecule has 4 aromatic rings. The second kappa shape index (κ2) is 14.0. The molecular formula is C33H29BrClN3O7S. The van der Waals surface area contributed by atoms with Crippen LogP contribution in [0.4, 0.5) is 5.69 Å². The minimum atomic E-state index is -0.983. The molecule has 238 valence electrons. The minimum absolute atomic E-state index is 0.107. The summed E-state index contributed by atoms with van der Waals surface area (Å²) in [6.07, 6.45) is 1.70. The van der Waals surface area contributed by atoms with Gasteiger partial charge in [-0.25, -0.2) is 9.79 Å². The molecule has 0 saturated carbocycles. The lowest BCUT2D eigenvalue weighted by Gasteiger charge is -2.24. The first kappa shape index (κ1) is 33.1. The first-order valence-corrected chi connectivity index (χ1v) is 16.3. The zero-order valence-electron chi connectivity index (χ0n) is 25.3. The Morgan fingerprint density at radius 2 is 1.89 bits per heavy atom. The molecule has 0 spiro atoms. The molecule has 1 aliphatic rings. The van der Waals surface area contributed by atoms with Crippen LogP contribution >= 0.6 is 38.9 Å². The number of halogens is 2. The van der Waals surface area contributed by atoms with Crippen molar-refractivity contribution < 1.29 is 23.9 Å². The number of hydrogen-bond donors (Lipinski definition) is 0. The molecule has 5 rings (SSSR count). The van der Waals surface area contributed by atoms with E-state index in [0.717, 1.165) is 16.9 Å². The van der Waals surface area contributed by atoms with Gasteiger partial charge in [0.1, 0.15) is 6.61 Å². The average Bonchev–Trinajstić information content (AvgIpc) is 3.31. The Kier molecular flexibility index (Phi) is 10.1. The van der Waals surface area contributed by atoms with Crippen LogP contribution in [-0.2, 0) is 16.1 Å². The van der Waals surface area contributed by atoms with Crippen molar-refractivity contribution in [3.05, 3.63) is 127 Å². The Labute approximate surface area is 281 Å². The second-order valence-corrected chi connectivity index (χ2v) is 12.5. The smallest absolute Gasteiger partial charge is 0.338 e. The maximum absolute atomic E-state index is 14.1. The number of carbonyl (C=O) groups is 1. The molecular weight excluding hydrogens is 698 g/mol. The van der Waals surface area contributed by atoms with Crippen molar-refractivity contribution in [3.63, 3.8) is 0 Å². The summed E-state index contributed by atoms with van der Waals surface area (Å²) in [5.74, 6) is 0.299. The summed E-state index contributed by atoms with van der Waals surface area (Å²) in [5, 5.41) is 12.4. The summed E-state index contributed by atoms with van der Waals surface area (Å²) in [5.41, 5.74) is 2.27. The summed E-state index contributed by atoms with van der Waals surface area (Å²) in [7, 11) is 0. The lowest BCUT2D eigenvalue weighted by Crippen LogP contribution is -2.40. The van der Waals surface area contributed by atoms with Gasteiger partial charge >= 0.3 is 5.97 Å². The summed E-state index contributed by atoms with van der Waals surface area (Å²) in [4.78, 5) is 43.5. The van der Waals surface area contributed by atoms with Crippen LogP contribution < -0.4 is 24.4 Å². The zero-order valence-corrected chi connectivity index (χ0v) is 28.5. The van der Waals surface area contributed by atoms with E-state index in [9.17, 15) is 19.7 Å². The highest BCUT2D eigenvalue weighted by Crippen LogP contribution is 2.38. The van der Waals surface area contributed by atoms with E-state index in [2.05, 4.69) is 20.9 Å². The van der Waals surface area contributed by atoms with Gasteiger partial charge in [0, 0.05) is 22.2 Å². The van der Waals surface area contributed by atoms with Gasteiger partial charge in [0.25, 0.3) is 11.2 Å². The molecule has 1 aliphatic heterocycles. The van der Waals surface area contributed by atoms with E-state index in [4.69, 9.17) is 25.8 Å². The van der Waals surface area contributed by atoms with E-state index in [1.54, 1.807) is 57.2 Å². The molecule has 0 radical (unpaired) electrons. The maximum Gasteiger partial charge on any atom is 0.338 e. The van der Waals surface area contributed by atoms with Crippen LogP contribution in [0.15, 0.2) is 80.1 Å². The molecule has 0 bridgehead atoms. The molecule has 0 N–H and O–H groups in total. The number of benzene rings is 3. The minimum Gasteiger partial charge on any atom is -0.490 e. The Balaban J connectivity index is 1.62. The van der Waals surface area contributed by atoms with Crippen LogP contribution in [0.1, 0.15) is 49.1 Å². The number of nitrogens with zero attached hydrogens (tertiary/aromatic N) is 3. The number of ether oxygens (including phenoxy) is 3. The number of nitro benzene ring substituents is 1. The quantitative estimate of drug-likeness (QED) is 0.105. The number of aromatic nitrogens is 1. The molecule has 0 fully saturated rings. The molecule has 1 atom stereocenters. The number of allylic oxidation sites excluding steroid dienone is 1.